The molecule has 1 aliphatic heterocycles. The Bertz CT molecular complexity index is 982. The Morgan fingerprint density at radius 1 is 0.938 bits per heavy atom. The van der Waals surface area contributed by atoms with Crippen LogP contribution >= 0.6 is 0 Å². The highest BCUT2D eigenvalue weighted by molar-refractivity contribution is 5.79. The zero-order chi connectivity index (χ0) is 22.2. The van der Waals surface area contributed by atoms with Gasteiger partial charge in [0.05, 0.1) is 32.8 Å². The maximum Gasteiger partial charge on any atom is 0.224 e. The molecule has 0 saturated carbocycles. The molecule has 32 heavy (non-hydrogen) atoms. The molecule has 0 bridgehead atoms. The van der Waals surface area contributed by atoms with Crippen LogP contribution in [0.1, 0.15) is 17.2 Å². The summed E-state index contributed by atoms with van der Waals surface area (Å²) in [5, 5.41) is 3.15. The van der Waals surface area contributed by atoms with E-state index in [-0.39, 0.29) is 11.9 Å². The van der Waals surface area contributed by atoms with Crippen molar-refractivity contribution in [2.75, 3.05) is 40.0 Å². The fourth-order valence-electron chi connectivity index (χ4n) is 4.08. The summed E-state index contributed by atoms with van der Waals surface area (Å²) in [6, 6.07) is 26.7. The summed E-state index contributed by atoms with van der Waals surface area (Å²) in [7, 11) is 1.67. The molecule has 1 saturated heterocycles. The van der Waals surface area contributed by atoms with Gasteiger partial charge in [0, 0.05) is 19.6 Å². The molecule has 0 aromatic heterocycles. The minimum absolute atomic E-state index is 0.0317. The van der Waals surface area contributed by atoms with Crippen LogP contribution in [0.2, 0.25) is 0 Å². The van der Waals surface area contributed by atoms with Gasteiger partial charge in [-0.1, -0.05) is 66.7 Å². The third-order valence-electron chi connectivity index (χ3n) is 5.91. The molecular weight excluding hydrogens is 400 g/mol. The van der Waals surface area contributed by atoms with Crippen LogP contribution in [0.4, 0.5) is 0 Å². The standard InChI is InChI=1S/C27H30N2O3/c1-31-25-13-11-24(12-14-25)26(29-15-17-32-18-16-29)20-28-27(30)19-21-7-9-23(10-8-21)22-5-3-2-4-6-22/h2-14,26H,15-20H2,1H3,(H,28,30)/t26-/m0/s1. The number of nitrogens with one attached hydrogen (secondary N) is 1. The van der Waals surface area contributed by atoms with Crippen molar-refractivity contribution >= 4 is 5.91 Å². The SMILES string of the molecule is COc1ccc([C@H](CNC(=O)Cc2ccc(-c3ccccc3)cc2)N2CCOCC2)cc1. The van der Waals surface area contributed by atoms with Gasteiger partial charge in [0.25, 0.3) is 0 Å². The second-order valence-corrected chi connectivity index (χ2v) is 7.98. The molecule has 0 aliphatic carbocycles. The van der Waals surface area contributed by atoms with E-state index >= 15 is 0 Å². The molecule has 1 N–H and O–H groups in total. The second kappa shape index (κ2) is 10.9. The molecule has 3 aromatic rings. The third kappa shape index (κ3) is 5.75. The zero-order valence-corrected chi connectivity index (χ0v) is 18.5. The van der Waals surface area contributed by atoms with Crippen molar-refractivity contribution in [2.45, 2.75) is 12.5 Å². The van der Waals surface area contributed by atoms with Crippen LogP contribution < -0.4 is 10.1 Å². The minimum atomic E-state index is 0.0317. The first-order valence-corrected chi connectivity index (χ1v) is 11.1. The van der Waals surface area contributed by atoms with Crippen LogP contribution in [0.15, 0.2) is 78.9 Å². The third-order valence-corrected chi connectivity index (χ3v) is 5.91. The number of hydrogen-bond donors (Lipinski definition) is 1. The maximum atomic E-state index is 12.7. The molecular formula is C27H30N2O3. The molecule has 1 aliphatic rings. The molecule has 3 aromatic carbocycles. The molecule has 1 atom stereocenters. The van der Waals surface area contributed by atoms with Crippen molar-refractivity contribution in [1.82, 2.24) is 10.2 Å². The number of benzene rings is 3. The van der Waals surface area contributed by atoms with E-state index < -0.39 is 0 Å². The Balaban J connectivity index is 1.38. The fourth-order valence-corrected chi connectivity index (χ4v) is 4.08. The molecule has 1 amide bonds. The topological polar surface area (TPSA) is 50.8 Å². The molecule has 4 rings (SSSR count). The average Bonchev–Trinajstić information content (AvgIpc) is 2.86. The summed E-state index contributed by atoms with van der Waals surface area (Å²) >= 11 is 0. The van der Waals surface area contributed by atoms with E-state index in [4.69, 9.17) is 9.47 Å². The molecule has 0 radical (unpaired) electrons. The summed E-state index contributed by atoms with van der Waals surface area (Å²) in [5.74, 6) is 0.863. The van der Waals surface area contributed by atoms with Gasteiger partial charge in [0.2, 0.25) is 5.91 Å². The molecule has 0 unspecified atom stereocenters. The molecule has 0 spiro atoms. The summed E-state index contributed by atoms with van der Waals surface area (Å²) in [4.78, 5) is 15.1. The van der Waals surface area contributed by atoms with Crippen LogP contribution in [0.25, 0.3) is 11.1 Å². The zero-order valence-electron chi connectivity index (χ0n) is 18.5. The highest BCUT2D eigenvalue weighted by atomic mass is 16.5. The summed E-state index contributed by atoms with van der Waals surface area (Å²) in [6.45, 7) is 3.71. The lowest BCUT2D eigenvalue weighted by Crippen LogP contribution is -2.44. The first kappa shape index (κ1) is 22.1. The van der Waals surface area contributed by atoms with Gasteiger partial charge in [-0.05, 0) is 34.4 Å². The number of ether oxygens (including phenoxy) is 2. The van der Waals surface area contributed by atoms with Crippen molar-refractivity contribution in [2.24, 2.45) is 0 Å². The predicted molar refractivity (Wildman–Crippen MR) is 127 cm³/mol. The number of morpholine rings is 1. The van der Waals surface area contributed by atoms with Gasteiger partial charge < -0.3 is 14.8 Å². The van der Waals surface area contributed by atoms with E-state index in [1.807, 2.05) is 42.5 Å². The number of amides is 1. The van der Waals surface area contributed by atoms with E-state index in [1.165, 1.54) is 11.1 Å². The maximum absolute atomic E-state index is 12.7. The Morgan fingerprint density at radius 2 is 1.59 bits per heavy atom. The van der Waals surface area contributed by atoms with E-state index in [0.29, 0.717) is 26.2 Å². The van der Waals surface area contributed by atoms with Crippen molar-refractivity contribution in [3.63, 3.8) is 0 Å². The van der Waals surface area contributed by atoms with Gasteiger partial charge >= 0.3 is 0 Å². The average molecular weight is 431 g/mol. The molecule has 166 valence electrons. The highest BCUT2D eigenvalue weighted by Gasteiger charge is 2.23. The van der Waals surface area contributed by atoms with E-state index in [2.05, 4.69) is 46.6 Å². The number of hydrogen-bond acceptors (Lipinski definition) is 4. The van der Waals surface area contributed by atoms with Crippen LogP contribution in [0.3, 0.4) is 0 Å². The quantitative estimate of drug-likeness (QED) is 0.585. The largest absolute Gasteiger partial charge is 0.497 e. The van der Waals surface area contributed by atoms with Gasteiger partial charge in [-0.3, -0.25) is 9.69 Å². The second-order valence-electron chi connectivity index (χ2n) is 7.98. The van der Waals surface area contributed by atoms with Crippen molar-refractivity contribution < 1.29 is 14.3 Å². The monoisotopic (exact) mass is 430 g/mol. The smallest absolute Gasteiger partial charge is 0.224 e. The van der Waals surface area contributed by atoms with Gasteiger partial charge in [-0.2, -0.15) is 0 Å². The summed E-state index contributed by atoms with van der Waals surface area (Å²) in [5.41, 5.74) is 4.51. The Labute approximate surface area is 190 Å². The number of rotatable bonds is 8. The summed E-state index contributed by atoms with van der Waals surface area (Å²) < 4.78 is 10.8. The highest BCUT2D eigenvalue weighted by Crippen LogP contribution is 2.24. The van der Waals surface area contributed by atoms with E-state index in [0.717, 1.165) is 30.0 Å². The first-order chi connectivity index (χ1) is 15.7. The number of nitrogens with zero attached hydrogens (tertiary/aromatic N) is 1. The number of carbonyl (C=O) groups is 1. The molecule has 5 nitrogen and oxygen atoms in total. The van der Waals surface area contributed by atoms with E-state index in [9.17, 15) is 4.79 Å². The van der Waals surface area contributed by atoms with Gasteiger partial charge in [-0.15, -0.1) is 0 Å². The first-order valence-electron chi connectivity index (χ1n) is 11.1. The van der Waals surface area contributed by atoms with Crippen molar-refractivity contribution in [1.29, 1.82) is 0 Å². The lowest BCUT2D eigenvalue weighted by molar-refractivity contribution is -0.120. The van der Waals surface area contributed by atoms with Crippen molar-refractivity contribution in [3.05, 3.63) is 90.0 Å². The summed E-state index contributed by atoms with van der Waals surface area (Å²) in [6.07, 6.45) is 0.369. The van der Waals surface area contributed by atoms with Crippen LogP contribution in [0.5, 0.6) is 5.75 Å². The predicted octanol–water partition coefficient (Wildman–Crippen LogP) is 4.09. The van der Waals surface area contributed by atoms with Gasteiger partial charge in [0.1, 0.15) is 5.75 Å². The lowest BCUT2D eigenvalue weighted by atomic mass is 10.0. The van der Waals surface area contributed by atoms with E-state index in [1.54, 1.807) is 7.11 Å². The fraction of sp³-hybridized carbons (Fsp3) is 0.296. The Hall–Kier alpha value is -3.15. The lowest BCUT2D eigenvalue weighted by Gasteiger charge is -2.35. The van der Waals surface area contributed by atoms with Gasteiger partial charge in [0.15, 0.2) is 0 Å². The Kier molecular flexibility index (Phi) is 7.54. The normalized spacial score (nSPS) is 15.2. The molecule has 1 heterocycles. The molecule has 1 fully saturated rings. The van der Waals surface area contributed by atoms with Crippen LogP contribution in [-0.2, 0) is 16.0 Å². The Morgan fingerprint density at radius 3 is 2.25 bits per heavy atom. The number of carbonyl (C=O) groups excluding carboxylic acids is 1. The van der Waals surface area contributed by atoms with Gasteiger partial charge in [-0.25, -0.2) is 0 Å². The van der Waals surface area contributed by atoms with Crippen LogP contribution in [-0.4, -0.2) is 50.8 Å². The van der Waals surface area contributed by atoms with Crippen LogP contribution in [0, 0.1) is 0 Å². The van der Waals surface area contributed by atoms with Crippen molar-refractivity contribution in [3.8, 4) is 16.9 Å². The minimum Gasteiger partial charge on any atom is -0.497 e. The number of methoxy groups -OCH3 is 1. The molecule has 5 heteroatoms.